The van der Waals surface area contributed by atoms with Crippen LogP contribution in [-0.2, 0) is 22.2 Å². The Balaban J connectivity index is 1.86. The predicted molar refractivity (Wildman–Crippen MR) is 114 cm³/mol. The molecule has 1 fully saturated rings. The van der Waals surface area contributed by atoms with Gasteiger partial charge in [0.25, 0.3) is 5.92 Å². The molecule has 0 saturated carbocycles. The van der Waals surface area contributed by atoms with E-state index in [-0.39, 0.29) is 17.1 Å². The van der Waals surface area contributed by atoms with Crippen LogP contribution in [0.2, 0.25) is 0 Å². The lowest BCUT2D eigenvalue weighted by Crippen LogP contribution is -2.47. The molecule has 0 aliphatic carbocycles. The Morgan fingerprint density at radius 2 is 1.91 bits per heavy atom. The topological polar surface area (TPSA) is 120 Å². The molecule has 4 rings (SSSR count). The van der Waals surface area contributed by atoms with Gasteiger partial charge in [0.1, 0.15) is 17.4 Å². The summed E-state index contributed by atoms with van der Waals surface area (Å²) in [6.45, 7) is 0.263. The maximum Gasteiger partial charge on any atom is 0.336 e. The van der Waals surface area contributed by atoms with Gasteiger partial charge in [-0.05, 0) is 24.6 Å². The van der Waals surface area contributed by atoms with Gasteiger partial charge in [-0.25, -0.2) is 27.9 Å². The van der Waals surface area contributed by atoms with E-state index < -0.39 is 54.8 Å². The number of aliphatic imine (C=N–C) groups is 1. The van der Waals surface area contributed by atoms with Crippen LogP contribution in [0.1, 0.15) is 24.7 Å². The number of nitrogens with zero attached hydrogens (tertiary/aromatic N) is 4. The molecule has 1 saturated heterocycles. The summed E-state index contributed by atoms with van der Waals surface area (Å²) in [5, 5.41) is 22.5. The second kappa shape index (κ2) is 8.28. The number of hydrogen-bond acceptors (Lipinski definition) is 6. The number of imidazole rings is 1. The molecular weight excluding hydrogens is 455 g/mol. The van der Waals surface area contributed by atoms with Crippen LogP contribution in [0.5, 0.6) is 0 Å². The highest BCUT2D eigenvalue weighted by Gasteiger charge is 2.50. The van der Waals surface area contributed by atoms with Crippen LogP contribution in [-0.4, -0.2) is 67.5 Å². The van der Waals surface area contributed by atoms with Gasteiger partial charge in [0.05, 0.1) is 12.1 Å². The molecule has 0 bridgehead atoms. The number of alkyl halides is 2. The molecule has 2 aliphatic heterocycles. The maximum atomic E-state index is 14.1. The smallest absolute Gasteiger partial charge is 0.336 e. The lowest BCUT2D eigenvalue weighted by Gasteiger charge is -2.36. The van der Waals surface area contributed by atoms with E-state index in [9.17, 15) is 33.0 Å². The Bertz CT molecular complexity index is 1210. The van der Waals surface area contributed by atoms with Crippen LogP contribution in [0.15, 0.2) is 52.9 Å². The minimum Gasteiger partial charge on any atom is -0.480 e. The molecule has 2 atom stereocenters. The molecule has 180 valence electrons. The molecule has 3 heterocycles. The first-order valence-electron chi connectivity index (χ1n) is 10.3. The first kappa shape index (κ1) is 23.5. The fourth-order valence-electron chi connectivity index (χ4n) is 4.44. The van der Waals surface area contributed by atoms with Crippen molar-refractivity contribution < 1.29 is 33.0 Å². The number of rotatable bonds is 6. The molecule has 1 aromatic heterocycles. The Morgan fingerprint density at radius 1 is 1.24 bits per heavy atom. The molecule has 1 aromatic carbocycles. The minimum absolute atomic E-state index is 0.00345. The third kappa shape index (κ3) is 4.16. The van der Waals surface area contributed by atoms with Gasteiger partial charge < -0.3 is 20.1 Å². The van der Waals surface area contributed by atoms with Gasteiger partial charge in [-0.1, -0.05) is 12.1 Å². The Hall–Kier alpha value is -3.67. The monoisotopic (exact) mass is 477 g/mol. The molecule has 12 heteroatoms. The van der Waals surface area contributed by atoms with Crippen molar-refractivity contribution in [3.8, 4) is 0 Å². The summed E-state index contributed by atoms with van der Waals surface area (Å²) in [7, 11) is 1.69. The number of nitrogens with one attached hydrogen (secondary N) is 1. The van der Waals surface area contributed by atoms with Gasteiger partial charge in [0.15, 0.2) is 11.7 Å². The van der Waals surface area contributed by atoms with Crippen molar-refractivity contribution >= 4 is 17.8 Å². The van der Waals surface area contributed by atoms with Gasteiger partial charge in [-0.3, -0.25) is 9.69 Å². The number of halogens is 3. The van der Waals surface area contributed by atoms with E-state index in [1.165, 1.54) is 37.4 Å². The van der Waals surface area contributed by atoms with E-state index in [0.717, 1.165) is 4.90 Å². The van der Waals surface area contributed by atoms with Crippen LogP contribution in [0.25, 0.3) is 0 Å². The number of amidine groups is 1. The van der Waals surface area contributed by atoms with Gasteiger partial charge in [-0.15, -0.1) is 0 Å². The highest BCUT2D eigenvalue weighted by Crippen LogP contribution is 2.39. The first-order valence-corrected chi connectivity index (χ1v) is 10.3. The first-order chi connectivity index (χ1) is 15.9. The normalized spacial score (nSPS) is 24.6. The fraction of sp³-hybridized carbons (Fsp3) is 0.364. The number of aromatic nitrogens is 2. The summed E-state index contributed by atoms with van der Waals surface area (Å²) in [6.07, 6.45) is 2.27. The fourth-order valence-corrected chi connectivity index (χ4v) is 4.44. The average Bonchev–Trinajstić information content (AvgIpc) is 3.29. The van der Waals surface area contributed by atoms with E-state index in [1.54, 1.807) is 17.8 Å². The summed E-state index contributed by atoms with van der Waals surface area (Å²) < 4.78 is 43.4. The second-order valence-corrected chi connectivity index (χ2v) is 8.50. The predicted octanol–water partition coefficient (Wildman–Crippen LogP) is 1.96. The quantitative estimate of drug-likeness (QED) is 0.582. The zero-order valence-electron chi connectivity index (χ0n) is 18.3. The highest BCUT2D eigenvalue weighted by atomic mass is 19.3. The van der Waals surface area contributed by atoms with Gasteiger partial charge >= 0.3 is 11.9 Å². The van der Waals surface area contributed by atoms with Crippen molar-refractivity contribution in [2.24, 2.45) is 12.0 Å². The van der Waals surface area contributed by atoms with Crippen molar-refractivity contribution in [1.29, 1.82) is 0 Å². The molecule has 0 spiro atoms. The van der Waals surface area contributed by atoms with Crippen molar-refractivity contribution in [3.63, 3.8) is 0 Å². The van der Waals surface area contributed by atoms with Gasteiger partial charge in [0.2, 0.25) is 0 Å². The highest BCUT2D eigenvalue weighted by molar-refractivity contribution is 6.02. The van der Waals surface area contributed by atoms with Crippen LogP contribution in [0, 0.1) is 5.82 Å². The van der Waals surface area contributed by atoms with E-state index in [0.29, 0.717) is 11.4 Å². The van der Waals surface area contributed by atoms with Crippen molar-refractivity contribution in [2.75, 3.05) is 13.1 Å². The average molecular weight is 477 g/mol. The third-order valence-corrected chi connectivity index (χ3v) is 6.06. The molecule has 9 nitrogen and oxygen atoms in total. The van der Waals surface area contributed by atoms with Crippen LogP contribution < -0.4 is 5.32 Å². The minimum atomic E-state index is -3.24. The molecule has 2 aromatic rings. The number of hydrogen-bond donors (Lipinski definition) is 3. The summed E-state index contributed by atoms with van der Waals surface area (Å²) >= 11 is 0. The number of aryl methyl sites for hydroxylation is 1. The largest absolute Gasteiger partial charge is 0.480 e. The van der Waals surface area contributed by atoms with E-state index in [4.69, 9.17) is 0 Å². The summed E-state index contributed by atoms with van der Waals surface area (Å²) in [5.41, 5.74) is -1.48. The summed E-state index contributed by atoms with van der Waals surface area (Å²) in [5.74, 6) is -6.06. The molecule has 0 amide bonds. The Labute approximate surface area is 192 Å². The number of benzene rings is 1. The molecule has 2 aliphatic rings. The Morgan fingerprint density at radius 3 is 2.47 bits per heavy atom. The molecule has 2 unspecified atom stereocenters. The standard InChI is InChI=1S/C22H22F3N5O4/c1-21(12-3-5-13(23)6-4-12)16(20(33)34)14(27-17(28-21)18-26-7-8-29(18)2)10-30-11-22(24,25)9-15(30)19(31)32/h3-8,15H,9-11H2,1-2H3,(H,27,28)(H,31,32)(H,33,34). The van der Waals surface area contributed by atoms with E-state index in [2.05, 4.69) is 15.3 Å². The van der Waals surface area contributed by atoms with Gasteiger partial charge in [-0.2, -0.15) is 0 Å². The molecule has 0 radical (unpaired) electrons. The van der Waals surface area contributed by atoms with Crippen molar-refractivity contribution in [2.45, 2.75) is 30.8 Å². The van der Waals surface area contributed by atoms with Crippen molar-refractivity contribution in [3.05, 3.63) is 65.1 Å². The lowest BCUT2D eigenvalue weighted by molar-refractivity contribution is -0.142. The lowest BCUT2D eigenvalue weighted by atomic mass is 9.82. The second-order valence-electron chi connectivity index (χ2n) is 8.50. The molecule has 3 N–H and O–H groups in total. The number of likely N-dealkylation sites (tertiary alicyclic amines) is 1. The van der Waals surface area contributed by atoms with Crippen LogP contribution in [0.3, 0.4) is 0 Å². The van der Waals surface area contributed by atoms with E-state index >= 15 is 0 Å². The Kier molecular flexibility index (Phi) is 5.72. The number of carboxylic acids is 2. The van der Waals surface area contributed by atoms with Crippen LogP contribution in [0.4, 0.5) is 13.2 Å². The number of aliphatic carboxylic acids is 2. The van der Waals surface area contributed by atoms with Crippen LogP contribution >= 0.6 is 0 Å². The molecule has 34 heavy (non-hydrogen) atoms. The third-order valence-electron chi connectivity index (χ3n) is 6.06. The summed E-state index contributed by atoms with van der Waals surface area (Å²) in [4.78, 5) is 33.9. The SMILES string of the molecule is Cn1ccnc1C1=NC(C)(c2ccc(F)cc2)C(C(=O)O)=C(CN2CC(F)(F)CC2C(=O)O)N1. The van der Waals surface area contributed by atoms with Gasteiger partial charge in [0, 0.05) is 38.1 Å². The zero-order chi connectivity index (χ0) is 24.8. The molecular formula is C22H22F3N5O4. The zero-order valence-corrected chi connectivity index (χ0v) is 18.3. The number of carboxylic acid groups (broad SMARTS) is 2. The maximum absolute atomic E-state index is 14.1. The summed E-state index contributed by atoms with van der Waals surface area (Å²) in [6, 6.07) is 3.63. The van der Waals surface area contributed by atoms with Crippen molar-refractivity contribution in [1.82, 2.24) is 19.8 Å². The number of carbonyl (C=O) groups is 2. The van der Waals surface area contributed by atoms with E-state index in [1.807, 2.05) is 0 Å².